The predicted molar refractivity (Wildman–Crippen MR) is 126 cm³/mol. The van der Waals surface area contributed by atoms with Crippen LogP contribution in [0.5, 0.6) is 0 Å². The second kappa shape index (κ2) is 8.46. The first-order chi connectivity index (χ1) is 15.8. The number of nitrogens with one attached hydrogen (secondary N) is 2. The van der Waals surface area contributed by atoms with E-state index in [1.54, 1.807) is 0 Å². The molecule has 1 aliphatic carbocycles. The molecule has 0 amide bonds. The van der Waals surface area contributed by atoms with Gasteiger partial charge in [0.05, 0.1) is 17.3 Å². The number of rotatable bonds is 4. The Morgan fingerprint density at radius 2 is 1.88 bits per heavy atom. The zero-order chi connectivity index (χ0) is 21.5. The molecule has 7 nitrogen and oxygen atoms in total. The van der Waals surface area contributed by atoms with Gasteiger partial charge in [-0.25, -0.2) is 4.98 Å². The van der Waals surface area contributed by atoms with Crippen LogP contribution in [0.3, 0.4) is 0 Å². The second-order valence-electron chi connectivity index (χ2n) is 9.49. The van der Waals surface area contributed by atoms with Crippen molar-refractivity contribution in [2.45, 2.75) is 50.2 Å². The number of piperidine rings is 1. The fourth-order valence-corrected chi connectivity index (χ4v) is 5.97. The highest BCUT2D eigenvalue weighted by Crippen LogP contribution is 2.43. The summed E-state index contributed by atoms with van der Waals surface area (Å²) < 4.78 is 7.69. The molecule has 6 rings (SSSR count). The van der Waals surface area contributed by atoms with Crippen LogP contribution in [0.25, 0.3) is 16.8 Å². The number of fused-ring (bicyclic) bond motifs is 2. The normalized spacial score (nSPS) is 26.5. The van der Waals surface area contributed by atoms with Crippen LogP contribution in [-0.2, 0) is 4.74 Å². The predicted octanol–water partition coefficient (Wildman–Crippen LogP) is 3.37. The van der Waals surface area contributed by atoms with E-state index in [2.05, 4.69) is 56.7 Å². The zero-order valence-corrected chi connectivity index (χ0v) is 18.7. The number of nitrogens with zero attached hydrogens (tertiary/aromatic N) is 4. The topological polar surface area (TPSA) is 66.7 Å². The largest absolute Gasteiger partial charge is 0.381 e. The number of hydrogen-bond acceptors (Lipinski definition) is 6. The van der Waals surface area contributed by atoms with Crippen LogP contribution in [0.2, 0.25) is 0 Å². The Morgan fingerprint density at radius 1 is 1.03 bits per heavy atom. The Hall–Kier alpha value is -2.48. The van der Waals surface area contributed by atoms with Crippen LogP contribution in [0.4, 0.5) is 5.95 Å². The van der Waals surface area contributed by atoms with Crippen LogP contribution in [-0.4, -0.2) is 53.5 Å². The van der Waals surface area contributed by atoms with Crippen LogP contribution in [0.15, 0.2) is 42.6 Å². The minimum atomic E-state index is 0.349. The van der Waals surface area contributed by atoms with Crippen LogP contribution >= 0.6 is 0 Å². The summed E-state index contributed by atoms with van der Waals surface area (Å²) in [6.07, 6.45) is 7.96. The van der Waals surface area contributed by atoms with Crippen molar-refractivity contribution in [2.75, 3.05) is 31.6 Å². The Morgan fingerprint density at radius 3 is 2.69 bits per heavy atom. The summed E-state index contributed by atoms with van der Waals surface area (Å²) in [6.45, 7) is 2.96. The highest BCUT2D eigenvalue weighted by atomic mass is 16.5. The minimum Gasteiger partial charge on any atom is -0.381 e. The molecular weight excluding hydrogens is 400 g/mol. The van der Waals surface area contributed by atoms with Crippen molar-refractivity contribution in [2.24, 2.45) is 5.92 Å². The van der Waals surface area contributed by atoms with Gasteiger partial charge in [0, 0.05) is 50.1 Å². The Labute approximate surface area is 189 Å². The van der Waals surface area contributed by atoms with E-state index in [1.807, 2.05) is 13.3 Å². The molecule has 2 saturated heterocycles. The zero-order valence-electron chi connectivity index (χ0n) is 18.7. The molecule has 0 bridgehead atoms. The van der Waals surface area contributed by atoms with Gasteiger partial charge in [0.15, 0.2) is 0 Å². The second-order valence-corrected chi connectivity index (χ2v) is 9.49. The third-order valence-electron chi connectivity index (χ3n) is 7.72. The van der Waals surface area contributed by atoms with Gasteiger partial charge in [0.25, 0.3) is 0 Å². The molecule has 2 aliphatic heterocycles. The molecule has 3 aromatic rings. The smallest absolute Gasteiger partial charge is 0.227 e. The van der Waals surface area contributed by atoms with E-state index in [-0.39, 0.29) is 0 Å². The molecule has 7 heteroatoms. The quantitative estimate of drug-likeness (QED) is 0.659. The molecule has 0 spiro atoms. The first-order valence-electron chi connectivity index (χ1n) is 12.0. The summed E-state index contributed by atoms with van der Waals surface area (Å²) in [5.41, 5.74) is 11.8. The van der Waals surface area contributed by atoms with Crippen molar-refractivity contribution in [1.29, 1.82) is 0 Å². The SMILES string of the molecule is COC1CCN(c2nccc3c(C4CCC5NNCC5C4)c(-c4ccccc4)nn23)CC1. The van der Waals surface area contributed by atoms with Crippen LogP contribution in [0, 0.1) is 5.92 Å². The molecule has 3 fully saturated rings. The Kier molecular flexibility index (Phi) is 5.33. The van der Waals surface area contributed by atoms with Crippen LogP contribution < -0.4 is 15.8 Å². The fourth-order valence-electron chi connectivity index (χ4n) is 5.97. The molecule has 3 unspecified atom stereocenters. The molecule has 2 aromatic heterocycles. The molecule has 2 N–H and O–H groups in total. The van der Waals surface area contributed by atoms with Crippen molar-refractivity contribution in [3.63, 3.8) is 0 Å². The summed E-state index contributed by atoms with van der Waals surface area (Å²) in [7, 11) is 1.81. The monoisotopic (exact) mass is 432 g/mol. The number of methoxy groups -OCH3 is 1. The minimum absolute atomic E-state index is 0.349. The molecule has 3 atom stereocenters. The fraction of sp³-hybridized carbons (Fsp3) is 0.520. The highest BCUT2D eigenvalue weighted by Gasteiger charge is 2.37. The van der Waals surface area contributed by atoms with Crippen molar-refractivity contribution >= 4 is 11.5 Å². The van der Waals surface area contributed by atoms with Gasteiger partial charge < -0.3 is 9.64 Å². The van der Waals surface area contributed by atoms with E-state index in [0.717, 1.165) is 44.1 Å². The number of hydrazine groups is 1. The lowest BCUT2D eigenvalue weighted by molar-refractivity contribution is 0.0816. The summed E-state index contributed by atoms with van der Waals surface area (Å²) >= 11 is 0. The molecule has 32 heavy (non-hydrogen) atoms. The van der Waals surface area contributed by atoms with E-state index in [0.29, 0.717) is 24.0 Å². The van der Waals surface area contributed by atoms with Crippen LogP contribution in [0.1, 0.15) is 43.6 Å². The molecule has 168 valence electrons. The van der Waals surface area contributed by atoms with Crippen molar-refractivity contribution in [1.82, 2.24) is 25.4 Å². The van der Waals surface area contributed by atoms with Gasteiger partial charge in [-0.15, -0.1) is 0 Å². The van der Waals surface area contributed by atoms with Crippen molar-refractivity contribution < 1.29 is 4.74 Å². The average Bonchev–Trinajstić information content (AvgIpc) is 3.48. The summed E-state index contributed by atoms with van der Waals surface area (Å²) in [6, 6.07) is 13.4. The van der Waals surface area contributed by atoms with E-state index < -0.39 is 0 Å². The van der Waals surface area contributed by atoms with E-state index in [9.17, 15) is 0 Å². The van der Waals surface area contributed by atoms with Gasteiger partial charge in [-0.05, 0) is 50.0 Å². The summed E-state index contributed by atoms with van der Waals surface area (Å²) in [5, 5.41) is 5.21. The van der Waals surface area contributed by atoms with Gasteiger partial charge in [0.2, 0.25) is 5.95 Å². The van der Waals surface area contributed by atoms with Gasteiger partial charge in [0.1, 0.15) is 0 Å². The molecule has 0 radical (unpaired) electrons. The molecule has 1 aromatic carbocycles. The number of aromatic nitrogens is 3. The lowest BCUT2D eigenvalue weighted by Gasteiger charge is -2.32. The maximum Gasteiger partial charge on any atom is 0.227 e. The molecule has 3 aliphatic rings. The van der Waals surface area contributed by atoms with E-state index in [1.165, 1.54) is 35.9 Å². The van der Waals surface area contributed by atoms with Gasteiger partial charge in [-0.2, -0.15) is 9.61 Å². The van der Waals surface area contributed by atoms with E-state index >= 15 is 0 Å². The lowest BCUT2D eigenvalue weighted by Crippen LogP contribution is -2.38. The third-order valence-corrected chi connectivity index (χ3v) is 7.72. The number of hydrogen-bond donors (Lipinski definition) is 2. The molecule has 1 saturated carbocycles. The molecule has 4 heterocycles. The van der Waals surface area contributed by atoms with Crippen molar-refractivity contribution in [3.05, 3.63) is 48.2 Å². The number of ether oxygens (including phenoxy) is 1. The third kappa shape index (κ3) is 3.49. The first kappa shape index (κ1) is 20.1. The maximum atomic E-state index is 5.58. The number of benzene rings is 1. The standard InChI is InChI=1S/C25H32N6O/c1-32-20-10-13-30(14-11-20)25-26-12-9-22-23(18-7-8-21-19(15-18)16-27-28-21)24(29-31(22)25)17-5-3-2-4-6-17/h2-6,9,12,18-21,27-28H,7-8,10-11,13-16H2,1H3. The molecular formula is C25H32N6O. The average molecular weight is 433 g/mol. The first-order valence-corrected chi connectivity index (χ1v) is 12.0. The highest BCUT2D eigenvalue weighted by molar-refractivity contribution is 5.75. The summed E-state index contributed by atoms with van der Waals surface area (Å²) in [4.78, 5) is 7.16. The number of anilines is 1. The van der Waals surface area contributed by atoms with Crippen molar-refractivity contribution in [3.8, 4) is 11.3 Å². The lowest BCUT2D eigenvalue weighted by atomic mass is 9.75. The maximum absolute atomic E-state index is 5.58. The Bertz CT molecular complexity index is 1070. The Balaban J connectivity index is 1.44. The van der Waals surface area contributed by atoms with Gasteiger partial charge in [-0.3, -0.25) is 10.9 Å². The van der Waals surface area contributed by atoms with Gasteiger partial charge in [-0.1, -0.05) is 30.3 Å². The summed E-state index contributed by atoms with van der Waals surface area (Å²) in [5.74, 6) is 2.15. The van der Waals surface area contributed by atoms with Gasteiger partial charge >= 0.3 is 0 Å². The van der Waals surface area contributed by atoms with E-state index in [4.69, 9.17) is 14.8 Å².